The van der Waals surface area contributed by atoms with Gasteiger partial charge in [0, 0.05) is 17.1 Å². The van der Waals surface area contributed by atoms with Crippen LogP contribution in [-0.2, 0) is 0 Å². The Hall–Kier alpha value is -8.00. The fourth-order valence-corrected chi connectivity index (χ4v) is 8.97. The van der Waals surface area contributed by atoms with Crippen LogP contribution >= 0.6 is 0 Å². The molecule has 0 fully saturated rings. The highest BCUT2D eigenvalue weighted by molar-refractivity contribution is 6.08. The molecule has 0 heterocycles. The molecule has 0 amide bonds. The lowest BCUT2D eigenvalue weighted by Crippen LogP contribution is -2.10. The molecule has 11 aromatic rings. The van der Waals surface area contributed by atoms with E-state index in [-0.39, 0.29) is 0 Å². The van der Waals surface area contributed by atoms with Gasteiger partial charge in [-0.15, -0.1) is 0 Å². The molecule has 286 valence electrons. The number of benzene rings is 11. The highest BCUT2D eigenvalue weighted by Crippen LogP contribution is 2.42. The van der Waals surface area contributed by atoms with Crippen LogP contribution in [0.25, 0.3) is 88.0 Å². The van der Waals surface area contributed by atoms with Crippen molar-refractivity contribution in [3.63, 3.8) is 0 Å². The topological polar surface area (TPSA) is 3.24 Å². The molecule has 0 saturated heterocycles. The summed E-state index contributed by atoms with van der Waals surface area (Å²) in [5.74, 6) is 0. The molecule has 1 heteroatoms. The molecule has 0 radical (unpaired) electrons. The van der Waals surface area contributed by atoms with E-state index >= 15 is 0 Å². The van der Waals surface area contributed by atoms with Gasteiger partial charge in [0.2, 0.25) is 0 Å². The molecule has 0 aliphatic rings. The van der Waals surface area contributed by atoms with Crippen LogP contribution in [0.15, 0.2) is 249 Å². The van der Waals surface area contributed by atoms with Crippen molar-refractivity contribution in [1.29, 1.82) is 0 Å². The number of hydrogen-bond donors (Lipinski definition) is 0. The Kier molecular flexibility index (Phi) is 9.26. The molecule has 0 aliphatic heterocycles. The summed E-state index contributed by atoms with van der Waals surface area (Å²) < 4.78 is 0. The number of hydrogen-bond acceptors (Lipinski definition) is 1. The second kappa shape index (κ2) is 15.6. The van der Waals surface area contributed by atoms with Crippen LogP contribution in [0.2, 0.25) is 0 Å². The molecule has 11 aromatic carbocycles. The Balaban J connectivity index is 1.00. The van der Waals surface area contributed by atoms with E-state index in [1.165, 1.54) is 88.0 Å². The molecule has 0 saturated carbocycles. The van der Waals surface area contributed by atoms with Crippen LogP contribution in [0.4, 0.5) is 17.1 Å². The molecular weight excluding hydrogens is 735 g/mol. The van der Waals surface area contributed by atoms with Gasteiger partial charge in [-0.05, 0) is 130 Å². The molecule has 1 nitrogen and oxygen atoms in total. The summed E-state index contributed by atoms with van der Waals surface area (Å²) in [5.41, 5.74) is 15.3. The van der Waals surface area contributed by atoms with E-state index in [0.29, 0.717) is 0 Å². The van der Waals surface area contributed by atoms with Crippen LogP contribution in [0.3, 0.4) is 0 Å². The number of rotatable bonds is 8. The molecule has 11 rings (SSSR count). The van der Waals surface area contributed by atoms with Crippen LogP contribution in [0, 0.1) is 0 Å². The molecule has 0 bridgehead atoms. The minimum absolute atomic E-state index is 1.09. The first-order chi connectivity index (χ1) is 30.2. The van der Waals surface area contributed by atoms with Crippen molar-refractivity contribution < 1.29 is 0 Å². The Morgan fingerprint density at radius 2 is 0.656 bits per heavy atom. The minimum atomic E-state index is 1.09. The van der Waals surface area contributed by atoms with Crippen LogP contribution in [0.1, 0.15) is 0 Å². The van der Waals surface area contributed by atoms with Gasteiger partial charge in [-0.25, -0.2) is 0 Å². The molecule has 0 N–H and O–H groups in total. The van der Waals surface area contributed by atoms with E-state index < -0.39 is 0 Å². The van der Waals surface area contributed by atoms with Crippen molar-refractivity contribution in [2.45, 2.75) is 0 Å². The first-order valence-corrected chi connectivity index (χ1v) is 21.0. The normalized spacial score (nSPS) is 11.3. The van der Waals surface area contributed by atoms with E-state index in [0.717, 1.165) is 17.1 Å². The lowest BCUT2D eigenvalue weighted by Gasteiger charge is -2.27. The summed E-state index contributed by atoms with van der Waals surface area (Å²) in [4.78, 5) is 2.38. The predicted molar refractivity (Wildman–Crippen MR) is 261 cm³/mol. The fourth-order valence-electron chi connectivity index (χ4n) is 8.97. The number of fused-ring (bicyclic) bond motifs is 4. The van der Waals surface area contributed by atoms with Gasteiger partial charge in [0.15, 0.2) is 0 Å². The van der Waals surface area contributed by atoms with Crippen LogP contribution in [0.5, 0.6) is 0 Å². The average Bonchev–Trinajstić information content (AvgIpc) is 3.35. The second-order valence-corrected chi connectivity index (χ2v) is 15.7. The van der Waals surface area contributed by atoms with E-state index in [4.69, 9.17) is 0 Å². The van der Waals surface area contributed by atoms with Crippen molar-refractivity contribution >= 4 is 49.4 Å². The van der Waals surface area contributed by atoms with E-state index in [1.807, 2.05) is 0 Å². The van der Waals surface area contributed by atoms with Gasteiger partial charge in [0.25, 0.3) is 0 Å². The molecule has 61 heavy (non-hydrogen) atoms. The Morgan fingerprint density at radius 1 is 0.213 bits per heavy atom. The van der Waals surface area contributed by atoms with Gasteiger partial charge < -0.3 is 4.90 Å². The lowest BCUT2D eigenvalue weighted by molar-refractivity contribution is 1.28. The van der Waals surface area contributed by atoms with Gasteiger partial charge in [-0.1, -0.05) is 206 Å². The smallest absolute Gasteiger partial charge is 0.0467 e. The monoisotopic (exact) mass is 775 g/mol. The fraction of sp³-hybridized carbons (Fsp3) is 0. The average molecular weight is 776 g/mol. The quantitative estimate of drug-likeness (QED) is 0.139. The van der Waals surface area contributed by atoms with Crippen LogP contribution in [-0.4, -0.2) is 0 Å². The van der Waals surface area contributed by atoms with E-state index in [2.05, 4.69) is 254 Å². The lowest BCUT2D eigenvalue weighted by atomic mass is 9.89. The largest absolute Gasteiger partial charge is 0.310 e. The van der Waals surface area contributed by atoms with E-state index in [9.17, 15) is 0 Å². The van der Waals surface area contributed by atoms with Crippen molar-refractivity contribution in [2.75, 3.05) is 4.90 Å². The van der Waals surface area contributed by atoms with Gasteiger partial charge in [0.1, 0.15) is 0 Å². The molecule has 0 spiro atoms. The molecule has 0 aromatic heterocycles. The van der Waals surface area contributed by atoms with Gasteiger partial charge >= 0.3 is 0 Å². The molecule has 0 atom stereocenters. The zero-order chi connectivity index (χ0) is 40.5. The Bertz CT molecular complexity index is 3310. The van der Waals surface area contributed by atoms with Crippen molar-refractivity contribution in [3.05, 3.63) is 249 Å². The van der Waals surface area contributed by atoms with E-state index in [1.54, 1.807) is 0 Å². The highest BCUT2D eigenvalue weighted by atomic mass is 15.1. The first kappa shape index (κ1) is 36.1. The third kappa shape index (κ3) is 6.93. The van der Waals surface area contributed by atoms with Crippen molar-refractivity contribution in [1.82, 2.24) is 0 Å². The molecular formula is C60H41N. The third-order valence-electron chi connectivity index (χ3n) is 12.1. The molecule has 0 aliphatic carbocycles. The van der Waals surface area contributed by atoms with Crippen molar-refractivity contribution in [3.8, 4) is 55.6 Å². The van der Waals surface area contributed by atoms with Gasteiger partial charge in [0.05, 0.1) is 0 Å². The summed E-state index contributed by atoms with van der Waals surface area (Å²) >= 11 is 0. The maximum absolute atomic E-state index is 2.38. The number of nitrogens with zero attached hydrogens (tertiary/aromatic N) is 1. The zero-order valence-corrected chi connectivity index (χ0v) is 33.6. The Labute approximate surface area is 357 Å². The SMILES string of the molecule is c1ccc(-c2ccc(-c3ccc(N(c4ccc(-c5c(-c6ccccc6)ccc6ccccc56)cc4)c4cccc(-c5ccc6c(ccc7ccccc76)c5)c4)cc3)cc2)cc1. The van der Waals surface area contributed by atoms with Gasteiger partial charge in [-0.3, -0.25) is 0 Å². The predicted octanol–water partition coefficient (Wildman–Crippen LogP) is 17.0. The summed E-state index contributed by atoms with van der Waals surface area (Å²) in [6.07, 6.45) is 0. The highest BCUT2D eigenvalue weighted by Gasteiger charge is 2.17. The van der Waals surface area contributed by atoms with Crippen molar-refractivity contribution in [2.24, 2.45) is 0 Å². The minimum Gasteiger partial charge on any atom is -0.310 e. The standard InChI is InChI=1S/C60H41N/c1-3-12-42(13-4-1)43-22-24-44(25-23-43)45-28-34-53(35-29-45)61(55-19-11-18-50(41-55)51-33-38-57-52(40-51)27-26-47-16-7-9-20-56(47)57)54-36-30-49(31-37-54)60-58-21-10-8-17-48(58)32-39-59(60)46-14-5-2-6-15-46/h1-41H. The maximum atomic E-state index is 2.38. The maximum Gasteiger partial charge on any atom is 0.0467 e. The summed E-state index contributed by atoms with van der Waals surface area (Å²) in [5, 5.41) is 7.54. The summed E-state index contributed by atoms with van der Waals surface area (Å²) in [6.45, 7) is 0. The Morgan fingerprint density at radius 3 is 1.33 bits per heavy atom. The molecule has 0 unspecified atom stereocenters. The zero-order valence-electron chi connectivity index (χ0n) is 33.6. The number of anilines is 3. The first-order valence-electron chi connectivity index (χ1n) is 21.0. The summed E-state index contributed by atoms with van der Waals surface area (Å²) in [7, 11) is 0. The second-order valence-electron chi connectivity index (χ2n) is 15.7. The summed E-state index contributed by atoms with van der Waals surface area (Å²) in [6, 6.07) is 90.4. The third-order valence-corrected chi connectivity index (χ3v) is 12.1. The van der Waals surface area contributed by atoms with Crippen LogP contribution < -0.4 is 4.90 Å². The van der Waals surface area contributed by atoms with Gasteiger partial charge in [-0.2, -0.15) is 0 Å².